The van der Waals surface area contributed by atoms with Gasteiger partial charge in [-0.05, 0) is 0 Å². The van der Waals surface area contributed by atoms with E-state index in [0.29, 0.717) is 0 Å². The highest BCUT2D eigenvalue weighted by molar-refractivity contribution is 5.88. The molecule has 0 unspecified atom stereocenters. The third-order valence-electron chi connectivity index (χ3n) is 3.06. The third kappa shape index (κ3) is 1.67. The number of nitrogens with one attached hydrogen (secondary N) is 1. The maximum absolute atomic E-state index is 4.41. The molecule has 1 aromatic heterocycles. The predicted octanol–water partition coefficient (Wildman–Crippen LogP) is -0.139. The molecule has 0 atom stereocenters. The smallest absolute Gasteiger partial charge is 0.141 e. The minimum Gasteiger partial charge on any atom is -0.353 e. The molecule has 2 aliphatic rings. The first-order valence-electron chi connectivity index (χ1n) is 5.74. The molecular formula is C11H15N5. The van der Waals surface area contributed by atoms with Crippen molar-refractivity contribution in [2.24, 2.45) is 4.99 Å². The number of hydrogen-bond donors (Lipinski definition) is 1. The van der Waals surface area contributed by atoms with Crippen LogP contribution in [0.4, 0.5) is 5.82 Å². The number of rotatable bonds is 1. The molecule has 0 aliphatic carbocycles. The Balaban J connectivity index is 1.97. The minimum absolute atomic E-state index is 0.852. The normalized spacial score (nSPS) is 19.6. The molecule has 16 heavy (non-hydrogen) atoms. The molecule has 3 heterocycles. The Hall–Kier alpha value is -1.49. The molecule has 1 aromatic rings. The second-order valence-corrected chi connectivity index (χ2v) is 4.08. The number of piperazine rings is 1. The molecule has 5 heteroatoms. The Morgan fingerprint density at radius 3 is 2.94 bits per heavy atom. The van der Waals surface area contributed by atoms with Gasteiger partial charge in [-0.3, -0.25) is 4.99 Å². The molecule has 1 fully saturated rings. The van der Waals surface area contributed by atoms with Crippen molar-refractivity contribution in [3.8, 4) is 0 Å². The molecule has 0 saturated carbocycles. The number of fused-ring (bicyclic) bond motifs is 1. The van der Waals surface area contributed by atoms with E-state index in [4.69, 9.17) is 0 Å². The van der Waals surface area contributed by atoms with Gasteiger partial charge in [0.1, 0.15) is 12.1 Å². The molecule has 5 nitrogen and oxygen atoms in total. The number of anilines is 1. The third-order valence-corrected chi connectivity index (χ3v) is 3.06. The average Bonchev–Trinajstić information content (AvgIpc) is 2.39. The summed E-state index contributed by atoms with van der Waals surface area (Å²) in [5, 5.41) is 3.35. The van der Waals surface area contributed by atoms with Crippen LogP contribution in [0.25, 0.3) is 0 Å². The zero-order chi connectivity index (χ0) is 10.8. The lowest BCUT2D eigenvalue weighted by Gasteiger charge is -2.30. The fraction of sp³-hybridized carbons (Fsp3) is 0.545. The van der Waals surface area contributed by atoms with Gasteiger partial charge in [0.05, 0.1) is 11.3 Å². The summed E-state index contributed by atoms with van der Waals surface area (Å²) in [6, 6.07) is 0. The van der Waals surface area contributed by atoms with Crippen LogP contribution < -0.4 is 10.2 Å². The summed E-state index contributed by atoms with van der Waals surface area (Å²) < 4.78 is 0. The predicted molar refractivity (Wildman–Crippen MR) is 63.3 cm³/mol. The summed E-state index contributed by atoms with van der Waals surface area (Å²) >= 11 is 0. The zero-order valence-corrected chi connectivity index (χ0v) is 9.19. The van der Waals surface area contributed by atoms with Crippen LogP contribution in [-0.4, -0.2) is 48.9 Å². The first-order chi connectivity index (χ1) is 7.95. The highest BCUT2D eigenvalue weighted by Crippen LogP contribution is 2.20. The lowest BCUT2D eigenvalue weighted by atomic mass is 10.1. The SMILES string of the molecule is C1=NCCc2ncnc(N3CCNCC3)c21. The summed E-state index contributed by atoms with van der Waals surface area (Å²) in [5.41, 5.74) is 2.26. The number of aromatic nitrogens is 2. The van der Waals surface area contributed by atoms with Gasteiger partial charge in [0, 0.05) is 45.4 Å². The van der Waals surface area contributed by atoms with Gasteiger partial charge >= 0.3 is 0 Å². The van der Waals surface area contributed by atoms with Crippen LogP contribution in [0.15, 0.2) is 11.3 Å². The van der Waals surface area contributed by atoms with Gasteiger partial charge in [-0.25, -0.2) is 9.97 Å². The van der Waals surface area contributed by atoms with E-state index in [1.54, 1.807) is 6.33 Å². The van der Waals surface area contributed by atoms with E-state index >= 15 is 0 Å². The van der Waals surface area contributed by atoms with E-state index in [-0.39, 0.29) is 0 Å². The minimum atomic E-state index is 0.852. The lowest BCUT2D eigenvalue weighted by molar-refractivity contribution is 0.583. The van der Waals surface area contributed by atoms with E-state index in [2.05, 4.69) is 25.2 Å². The Kier molecular flexibility index (Phi) is 2.53. The van der Waals surface area contributed by atoms with E-state index in [1.807, 2.05) is 6.21 Å². The van der Waals surface area contributed by atoms with Gasteiger partial charge in [-0.1, -0.05) is 0 Å². The molecule has 1 saturated heterocycles. The monoisotopic (exact) mass is 217 g/mol. The van der Waals surface area contributed by atoms with Gasteiger partial charge in [0.25, 0.3) is 0 Å². The molecular weight excluding hydrogens is 202 g/mol. The Morgan fingerprint density at radius 1 is 1.19 bits per heavy atom. The Labute approximate surface area is 94.6 Å². The second kappa shape index (κ2) is 4.17. The van der Waals surface area contributed by atoms with Crippen LogP contribution in [-0.2, 0) is 6.42 Å². The van der Waals surface area contributed by atoms with Gasteiger partial charge in [0.15, 0.2) is 0 Å². The van der Waals surface area contributed by atoms with Crippen molar-refractivity contribution in [1.29, 1.82) is 0 Å². The van der Waals surface area contributed by atoms with Crippen LogP contribution in [0.1, 0.15) is 11.3 Å². The maximum Gasteiger partial charge on any atom is 0.141 e. The molecule has 0 radical (unpaired) electrons. The van der Waals surface area contributed by atoms with Gasteiger partial charge in [-0.2, -0.15) is 0 Å². The highest BCUT2D eigenvalue weighted by atomic mass is 15.2. The summed E-state index contributed by atoms with van der Waals surface area (Å²) in [6.07, 6.45) is 4.54. The zero-order valence-electron chi connectivity index (χ0n) is 9.19. The second-order valence-electron chi connectivity index (χ2n) is 4.08. The van der Waals surface area contributed by atoms with Crippen molar-refractivity contribution in [3.63, 3.8) is 0 Å². The summed E-state index contributed by atoms with van der Waals surface area (Å²) in [7, 11) is 0. The summed E-state index contributed by atoms with van der Waals surface area (Å²) in [6.45, 7) is 4.92. The molecule has 0 bridgehead atoms. The van der Waals surface area contributed by atoms with Crippen LogP contribution in [0, 0.1) is 0 Å². The summed E-state index contributed by atoms with van der Waals surface area (Å²) in [4.78, 5) is 15.4. The van der Waals surface area contributed by atoms with Crippen molar-refractivity contribution in [3.05, 3.63) is 17.6 Å². The van der Waals surface area contributed by atoms with E-state index in [9.17, 15) is 0 Å². The van der Waals surface area contributed by atoms with Gasteiger partial charge in [0.2, 0.25) is 0 Å². The van der Waals surface area contributed by atoms with Crippen molar-refractivity contribution in [2.45, 2.75) is 6.42 Å². The van der Waals surface area contributed by atoms with E-state index < -0.39 is 0 Å². The van der Waals surface area contributed by atoms with Crippen LogP contribution in [0.5, 0.6) is 0 Å². The molecule has 2 aliphatic heterocycles. The summed E-state index contributed by atoms with van der Waals surface area (Å²) in [5.74, 6) is 1.05. The number of hydrogen-bond acceptors (Lipinski definition) is 5. The van der Waals surface area contributed by atoms with Gasteiger partial charge < -0.3 is 10.2 Å². The van der Waals surface area contributed by atoms with Gasteiger partial charge in [-0.15, -0.1) is 0 Å². The first-order valence-corrected chi connectivity index (χ1v) is 5.74. The van der Waals surface area contributed by atoms with E-state index in [1.165, 1.54) is 0 Å². The first kappa shape index (κ1) is 9.72. The molecule has 1 N–H and O–H groups in total. The van der Waals surface area contributed by atoms with Crippen molar-refractivity contribution < 1.29 is 0 Å². The van der Waals surface area contributed by atoms with E-state index in [0.717, 1.165) is 56.2 Å². The standard InChI is InChI=1S/C11H15N5/c1-2-13-7-9-10(1)14-8-15-11(9)16-5-3-12-4-6-16/h7-8,12H,1-6H2. The topological polar surface area (TPSA) is 53.4 Å². The van der Waals surface area contributed by atoms with Crippen molar-refractivity contribution >= 4 is 12.0 Å². The molecule has 3 rings (SSSR count). The van der Waals surface area contributed by atoms with Crippen LogP contribution in [0.3, 0.4) is 0 Å². The number of nitrogens with zero attached hydrogens (tertiary/aromatic N) is 4. The van der Waals surface area contributed by atoms with Crippen LogP contribution in [0.2, 0.25) is 0 Å². The number of aliphatic imine (C=N–C) groups is 1. The average molecular weight is 217 g/mol. The largest absolute Gasteiger partial charge is 0.353 e. The molecule has 84 valence electrons. The fourth-order valence-corrected chi connectivity index (χ4v) is 2.21. The van der Waals surface area contributed by atoms with Crippen LogP contribution >= 0.6 is 0 Å². The lowest BCUT2D eigenvalue weighted by Crippen LogP contribution is -2.44. The molecule has 0 amide bonds. The quantitative estimate of drug-likeness (QED) is 0.711. The molecule has 0 aromatic carbocycles. The molecule has 0 spiro atoms. The Morgan fingerprint density at radius 2 is 2.06 bits per heavy atom. The fourth-order valence-electron chi connectivity index (χ4n) is 2.21. The maximum atomic E-state index is 4.41. The van der Waals surface area contributed by atoms with Crippen molar-refractivity contribution in [2.75, 3.05) is 37.6 Å². The van der Waals surface area contributed by atoms with Crippen molar-refractivity contribution in [1.82, 2.24) is 15.3 Å². The Bertz CT molecular complexity index is 409. The highest BCUT2D eigenvalue weighted by Gasteiger charge is 2.18.